The molecule has 0 radical (unpaired) electrons. The van der Waals surface area contributed by atoms with Gasteiger partial charge in [0.1, 0.15) is 5.82 Å². The number of ether oxygens (including phenoxy) is 1. The first-order chi connectivity index (χ1) is 9.08. The van der Waals surface area contributed by atoms with E-state index >= 15 is 0 Å². The maximum atomic E-state index is 13.3. The second-order valence-corrected chi connectivity index (χ2v) is 5.43. The minimum Gasteiger partial charge on any atom is -0.381 e. The number of halogens is 1. The van der Waals surface area contributed by atoms with Crippen molar-refractivity contribution in [2.45, 2.75) is 25.8 Å². The summed E-state index contributed by atoms with van der Waals surface area (Å²) in [6.07, 6.45) is 2.19. The van der Waals surface area contributed by atoms with Crippen LogP contribution in [0.3, 0.4) is 0 Å². The second kappa shape index (κ2) is 6.35. The van der Waals surface area contributed by atoms with Gasteiger partial charge in [-0.2, -0.15) is 0 Å². The molecule has 0 amide bonds. The third-order valence-corrected chi connectivity index (χ3v) is 3.76. The molecule has 0 unspecified atom stereocenters. The van der Waals surface area contributed by atoms with Crippen molar-refractivity contribution in [3.63, 3.8) is 0 Å². The van der Waals surface area contributed by atoms with Crippen LogP contribution in [0.5, 0.6) is 0 Å². The fraction of sp³-hybridized carbons (Fsp3) is 0.600. The van der Waals surface area contributed by atoms with E-state index in [1.165, 1.54) is 6.07 Å². The van der Waals surface area contributed by atoms with Gasteiger partial charge < -0.3 is 15.4 Å². The highest BCUT2D eigenvalue weighted by atomic mass is 19.1. The van der Waals surface area contributed by atoms with Crippen LogP contribution in [0.4, 0.5) is 10.1 Å². The van der Waals surface area contributed by atoms with Crippen LogP contribution >= 0.6 is 0 Å². The average molecular weight is 266 g/mol. The molecule has 1 heterocycles. The van der Waals surface area contributed by atoms with Gasteiger partial charge in [-0.15, -0.1) is 0 Å². The summed E-state index contributed by atoms with van der Waals surface area (Å²) in [5, 5.41) is 0. The van der Waals surface area contributed by atoms with Crippen molar-refractivity contribution < 1.29 is 9.13 Å². The molecule has 4 heteroatoms. The van der Waals surface area contributed by atoms with E-state index in [1.54, 1.807) is 6.07 Å². The smallest absolute Gasteiger partial charge is 0.123 e. The summed E-state index contributed by atoms with van der Waals surface area (Å²) in [7, 11) is 2.05. The number of hydrogen-bond acceptors (Lipinski definition) is 3. The van der Waals surface area contributed by atoms with E-state index in [0.29, 0.717) is 5.92 Å². The SMILES string of the molecule is C[C@H](N)c1cc(F)ccc1N(C)CC1CCOCC1. The number of nitrogens with zero attached hydrogens (tertiary/aromatic N) is 1. The van der Waals surface area contributed by atoms with Crippen LogP contribution in [0.25, 0.3) is 0 Å². The lowest BCUT2D eigenvalue weighted by atomic mass is 9.98. The van der Waals surface area contributed by atoms with Crippen molar-refractivity contribution in [1.29, 1.82) is 0 Å². The predicted octanol–water partition coefficient (Wildman–Crippen LogP) is 2.71. The molecule has 106 valence electrons. The van der Waals surface area contributed by atoms with E-state index in [2.05, 4.69) is 11.9 Å². The van der Waals surface area contributed by atoms with E-state index in [1.807, 2.05) is 13.0 Å². The largest absolute Gasteiger partial charge is 0.381 e. The third-order valence-electron chi connectivity index (χ3n) is 3.76. The van der Waals surface area contributed by atoms with Crippen LogP contribution in [0.2, 0.25) is 0 Å². The maximum Gasteiger partial charge on any atom is 0.123 e. The molecule has 0 aromatic heterocycles. The van der Waals surface area contributed by atoms with Gasteiger partial charge in [0.25, 0.3) is 0 Å². The van der Waals surface area contributed by atoms with Crippen molar-refractivity contribution in [3.05, 3.63) is 29.6 Å². The number of anilines is 1. The Labute approximate surface area is 114 Å². The van der Waals surface area contributed by atoms with E-state index in [4.69, 9.17) is 10.5 Å². The summed E-state index contributed by atoms with van der Waals surface area (Å²) >= 11 is 0. The van der Waals surface area contributed by atoms with Gasteiger partial charge in [-0.3, -0.25) is 0 Å². The summed E-state index contributed by atoms with van der Waals surface area (Å²) in [5.74, 6) is 0.417. The number of hydrogen-bond donors (Lipinski definition) is 1. The molecule has 0 bridgehead atoms. The highest BCUT2D eigenvalue weighted by molar-refractivity contribution is 5.54. The van der Waals surface area contributed by atoms with Crippen LogP contribution in [0, 0.1) is 11.7 Å². The Morgan fingerprint density at radius 3 is 2.74 bits per heavy atom. The minimum absolute atomic E-state index is 0.164. The first-order valence-electron chi connectivity index (χ1n) is 6.92. The maximum absolute atomic E-state index is 13.3. The predicted molar refractivity (Wildman–Crippen MR) is 75.8 cm³/mol. The van der Waals surface area contributed by atoms with Gasteiger partial charge >= 0.3 is 0 Å². The number of rotatable bonds is 4. The molecule has 0 aliphatic carbocycles. The van der Waals surface area contributed by atoms with Crippen LogP contribution in [0.1, 0.15) is 31.4 Å². The van der Waals surface area contributed by atoms with E-state index in [9.17, 15) is 4.39 Å². The molecule has 1 fully saturated rings. The summed E-state index contributed by atoms with van der Waals surface area (Å²) in [6.45, 7) is 4.55. The molecular formula is C15H23FN2O. The zero-order valence-electron chi connectivity index (χ0n) is 11.7. The molecule has 19 heavy (non-hydrogen) atoms. The monoisotopic (exact) mass is 266 g/mol. The van der Waals surface area contributed by atoms with E-state index < -0.39 is 0 Å². The van der Waals surface area contributed by atoms with Crippen molar-refractivity contribution in [1.82, 2.24) is 0 Å². The van der Waals surface area contributed by atoms with Gasteiger partial charge in [-0.05, 0) is 49.4 Å². The molecule has 1 saturated heterocycles. The zero-order chi connectivity index (χ0) is 13.8. The Balaban J connectivity index is 2.11. The molecule has 1 aromatic carbocycles. The Morgan fingerprint density at radius 2 is 2.11 bits per heavy atom. The standard InChI is InChI=1S/C15H23FN2O/c1-11(17)14-9-13(16)3-4-15(14)18(2)10-12-5-7-19-8-6-12/h3-4,9,11-12H,5-8,10,17H2,1-2H3/t11-/m0/s1. The van der Waals surface area contributed by atoms with Crippen LogP contribution in [0.15, 0.2) is 18.2 Å². The van der Waals surface area contributed by atoms with Gasteiger partial charge in [0.2, 0.25) is 0 Å². The average Bonchev–Trinajstić information content (AvgIpc) is 2.39. The van der Waals surface area contributed by atoms with Crippen molar-refractivity contribution >= 4 is 5.69 Å². The first-order valence-corrected chi connectivity index (χ1v) is 6.92. The van der Waals surface area contributed by atoms with Gasteiger partial charge in [0, 0.05) is 38.5 Å². The number of benzene rings is 1. The molecule has 3 nitrogen and oxygen atoms in total. The van der Waals surface area contributed by atoms with Crippen molar-refractivity contribution in [3.8, 4) is 0 Å². The molecule has 2 N–H and O–H groups in total. The lowest BCUT2D eigenvalue weighted by molar-refractivity contribution is 0.0685. The molecule has 1 aromatic rings. The molecule has 1 aliphatic heterocycles. The molecule has 0 saturated carbocycles. The molecule has 1 aliphatic rings. The lowest BCUT2D eigenvalue weighted by Crippen LogP contribution is -2.30. The summed E-state index contributed by atoms with van der Waals surface area (Å²) in [6, 6.07) is 4.71. The molecule has 1 atom stereocenters. The van der Waals surface area contributed by atoms with E-state index in [-0.39, 0.29) is 11.9 Å². The van der Waals surface area contributed by atoms with Crippen LogP contribution in [-0.4, -0.2) is 26.8 Å². The molecule has 2 rings (SSSR count). The Kier molecular flexibility index (Phi) is 4.77. The Hall–Kier alpha value is -1.13. The number of nitrogens with two attached hydrogens (primary N) is 1. The molecular weight excluding hydrogens is 243 g/mol. The fourth-order valence-electron chi connectivity index (χ4n) is 2.65. The second-order valence-electron chi connectivity index (χ2n) is 5.43. The van der Waals surface area contributed by atoms with Crippen LogP contribution < -0.4 is 10.6 Å². The van der Waals surface area contributed by atoms with Crippen LogP contribution in [-0.2, 0) is 4.74 Å². The Bertz CT molecular complexity index is 417. The highest BCUT2D eigenvalue weighted by Crippen LogP contribution is 2.27. The first kappa shape index (κ1) is 14.3. The lowest BCUT2D eigenvalue weighted by Gasteiger charge is -2.30. The summed E-state index contributed by atoms with van der Waals surface area (Å²) < 4.78 is 18.7. The topological polar surface area (TPSA) is 38.5 Å². The fourth-order valence-corrected chi connectivity index (χ4v) is 2.65. The van der Waals surface area contributed by atoms with Gasteiger partial charge in [-0.25, -0.2) is 4.39 Å². The van der Waals surface area contributed by atoms with Gasteiger partial charge in [0.05, 0.1) is 0 Å². The minimum atomic E-state index is -0.226. The normalized spacial score (nSPS) is 18.3. The summed E-state index contributed by atoms with van der Waals surface area (Å²) in [4.78, 5) is 2.19. The summed E-state index contributed by atoms with van der Waals surface area (Å²) in [5.41, 5.74) is 7.84. The quantitative estimate of drug-likeness (QED) is 0.910. The van der Waals surface area contributed by atoms with Crippen molar-refractivity contribution in [2.75, 3.05) is 31.7 Å². The van der Waals surface area contributed by atoms with Crippen molar-refractivity contribution in [2.24, 2.45) is 11.7 Å². The third kappa shape index (κ3) is 3.67. The Morgan fingerprint density at radius 1 is 1.42 bits per heavy atom. The molecule has 0 spiro atoms. The van der Waals surface area contributed by atoms with Gasteiger partial charge in [0.15, 0.2) is 0 Å². The zero-order valence-corrected chi connectivity index (χ0v) is 11.7. The van der Waals surface area contributed by atoms with E-state index in [0.717, 1.165) is 43.9 Å². The van der Waals surface area contributed by atoms with Gasteiger partial charge in [-0.1, -0.05) is 0 Å². The highest BCUT2D eigenvalue weighted by Gasteiger charge is 2.18.